The summed E-state index contributed by atoms with van der Waals surface area (Å²) in [6.45, 7) is 9.91. The van der Waals surface area contributed by atoms with Crippen molar-refractivity contribution in [2.24, 2.45) is 11.1 Å². The van der Waals surface area contributed by atoms with E-state index in [1.54, 1.807) is 0 Å². The van der Waals surface area contributed by atoms with E-state index in [2.05, 4.69) is 25.7 Å². The Morgan fingerprint density at radius 2 is 1.88 bits per heavy atom. The van der Waals surface area contributed by atoms with Crippen LogP contribution in [-0.4, -0.2) is 43.8 Å². The number of piperidine rings is 1. The average Bonchev–Trinajstić information content (AvgIpc) is 2.25. The Morgan fingerprint density at radius 1 is 1.31 bits per heavy atom. The maximum Gasteiger partial charge on any atom is 0.0595 e. The summed E-state index contributed by atoms with van der Waals surface area (Å²) in [6.07, 6.45) is 3.94. The fourth-order valence-corrected chi connectivity index (χ4v) is 2.54. The summed E-state index contributed by atoms with van der Waals surface area (Å²) in [5.74, 6) is 0. The van der Waals surface area contributed by atoms with E-state index in [-0.39, 0.29) is 0 Å². The highest BCUT2D eigenvalue weighted by Crippen LogP contribution is 2.25. The molecule has 0 bridgehead atoms. The van der Waals surface area contributed by atoms with Crippen molar-refractivity contribution in [1.82, 2.24) is 4.90 Å². The first-order valence-electron chi connectivity index (χ1n) is 6.43. The van der Waals surface area contributed by atoms with Gasteiger partial charge in [0.2, 0.25) is 0 Å². The highest BCUT2D eigenvalue weighted by molar-refractivity contribution is 4.82. The predicted octanol–water partition coefficient (Wildman–Crippen LogP) is 1.86. The van der Waals surface area contributed by atoms with Gasteiger partial charge in [-0.15, -0.1) is 0 Å². The summed E-state index contributed by atoms with van der Waals surface area (Å²) in [5.41, 5.74) is 6.27. The number of nitrogens with two attached hydrogens (primary N) is 1. The molecule has 1 saturated heterocycles. The second-order valence-corrected chi connectivity index (χ2v) is 6.13. The quantitative estimate of drug-likeness (QED) is 0.798. The van der Waals surface area contributed by atoms with Crippen molar-refractivity contribution >= 4 is 0 Å². The molecule has 3 heteroatoms. The molecule has 0 aliphatic carbocycles. The van der Waals surface area contributed by atoms with E-state index in [1.807, 2.05) is 7.11 Å². The van der Waals surface area contributed by atoms with Gasteiger partial charge in [0.1, 0.15) is 0 Å². The van der Waals surface area contributed by atoms with Gasteiger partial charge in [-0.3, -0.25) is 4.90 Å². The summed E-state index contributed by atoms with van der Waals surface area (Å²) in [6, 6.07) is 0.540. The number of rotatable bonds is 4. The Morgan fingerprint density at radius 3 is 2.25 bits per heavy atom. The van der Waals surface area contributed by atoms with Crippen LogP contribution in [0.25, 0.3) is 0 Å². The minimum Gasteiger partial charge on any atom is -0.381 e. The van der Waals surface area contributed by atoms with Crippen molar-refractivity contribution in [3.63, 3.8) is 0 Å². The number of nitrogens with zero attached hydrogens (tertiary/aromatic N) is 1. The van der Waals surface area contributed by atoms with Gasteiger partial charge in [-0.1, -0.05) is 20.8 Å². The third-order valence-electron chi connectivity index (χ3n) is 3.45. The monoisotopic (exact) mass is 228 g/mol. The van der Waals surface area contributed by atoms with Crippen molar-refractivity contribution in [3.8, 4) is 0 Å². The lowest BCUT2D eigenvalue weighted by Crippen LogP contribution is -2.47. The predicted molar refractivity (Wildman–Crippen MR) is 68.5 cm³/mol. The van der Waals surface area contributed by atoms with Gasteiger partial charge >= 0.3 is 0 Å². The fourth-order valence-electron chi connectivity index (χ4n) is 2.54. The average molecular weight is 228 g/mol. The molecule has 1 heterocycles. The standard InChI is InChI=1S/C13H28N2O/c1-13(2,3)9-11(10-14)15-7-5-12(16-4)6-8-15/h11-12H,5-10,14H2,1-4H3. The Hall–Kier alpha value is -0.120. The van der Waals surface area contributed by atoms with Crippen molar-refractivity contribution in [1.29, 1.82) is 0 Å². The van der Waals surface area contributed by atoms with Crippen LogP contribution >= 0.6 is 0 Å². The number of ether oxygens (including phenoxy) is 1. The van der Waals surface area contributed by atoms with Crippen LogP contribution in [0.5, 0.6) is 0 Å². The summed E-state index contributed by atoms with van der Waals surface area (Å²) in [5, 5.41) is 0. The van der Waals surface area contributed by atoms with Crippen LogP contribution in [0.15, 0.2) is 0 Å². The van der Waals surface area contributed by atoms with Gasteiger partial charge in [0.25, 0.3) is 0 Å². The molecule has 3 nitrogen and oxygen atoms in total. The largest absolute Gasteiger partial charge is 0.381 e. The van der Waals surface area contributed by atoms with Gasteiger partial charge in [-0.2, -0.15) is 0 Å². The fraction of sp³-hybridized carbons (Fsp3) is 1.00. The van der Waals surface area contributed by atoms with Gasteiger partial charge in [0.15, 0.2) is 0 Å². The minimum atomic E-state index is 0.363. The van der Waals surface area contributed by atoms with Crippen molar-refractivity contribution < 1.29 is 4.74 Å². The Bertz CT molecular complexity index is 193. The van der Waals surface area contributed by atoms with Crippen LogP contribution in [-0.2, 0) is 4.74 Å². The van der Waals surface area contributed by atoms with E-state index in [0.29, 0.717) is 17.6 Å². The molecule has 1 aliphatic rings. The SMILES string of the molecule is COC1CCN(C(CN)CC(C)(C)C)CC1. The van der Waals surface area contributed by atoms with E-state index in [9.17, 15) is 0 Å². The topological polar surface area (TPSA) is 38.5 Å². The first-order chi connectivity index (χ1) is 7.46. The maximum atomic E-state index is 5.91. The van der Waals surface area contributed by atoms with Gasteiger partial charge in [0.05, 0.1) is 6.10 Å². The molecule has 0 amide bonds. The van der Waals surface area contributed by atoms with Gasteiger partial charge < -0.3 is 10.5 Å². The summed E-state index contributed by atoms with van der Waals surface area (Å²) in [7, 11) is 1.82. The van der Waals surface area contributed by atoms with E-state index in [1.165, 1.54) is 6.42 Å². The van der Waals surface area contributed by atoms with Gasteiger partial charge in [-0.25, -0.2) is 0 Å². The van der Waals surface area contributed by atoms with Crippen LogP contribution in [0.1, 0.15) is 40.0 Å². The Labute approximate surface area is 100 Å². The van der Waals surface area contributed by atoms with E-state index in [4.69, 9.17) is 10.5 Å². The minimum absolute atomic E-state index is 0.363. The van der Waals surface area contributed by atoms with Crippen LogP contribution in [0.3, 0.4) is 0 Å². The molecule has 2 N–H and O–H groups in total. The van der Waals surface area contributed by atoms with Crippen LogP contribution in [0.2, 0.25) is 0 Å². The van der Waals surface area contributed by atoms with Gasteiger partial charge in [-0.05, 0) is 24.7 Å². The first kappa shape index (κ1) is 13.9. The van der Waals surface area contributed by atoms with Crippen molar-refractivity contribution in [2.75, 3.05) is 26.7 Å². The van der Waals surface area contributed by atoms with Crippen molar-refractivity contribution in [3.05, 3.63) is 0 Å². The van der Waals surface area contributed by atoms with Crippen LogP contribution in [0, 0.1) is 5.41 Å². The molecular formula is C13H28N2O. The molecule has 1 rings (SSSR count). The van der Waals surface area contributed by atoms with E-state index in [0.717, 1.165) is 32.5 Å². The lowest BCUT2D eigenvalue weighted by molar-refractivity contribution is 0.0220. The summed E-state index contributed by atoms with van der Waals surface area (Å²) in [4.78, 5) is 2.54. The molecule has 0 spiro atoms. The van der Waals surface area contributed by atoms with Crippen molar-refractivity contribution in [2.45, 2.75) is 52.2 Å². The number of hydrogen-bond donors (Lipinski definition) is 1. The normalized spacial score (nSPS) is 22.3. The highest BCUT2D eigenvalue weighted by atomic mass is 16.5. The molecule has 96 valence electrons. The highest BCUT2D eigenvalue weighted by Gasteiger charge is 2.27. The zero-order chi connectivity index (χ0) is 12.2. The molecule has 0 aromatic carbocycles. The molecular weight excluding hydrogens is 200 g/mol. The van der Waals surface area contributed by atoms with Crippen LogP contribution in [0.4, 0.5) is 0 Å². The summed E-state index contributed by atoms with van der Waals surface area (Å²) < 4.78 is 5.40. The zero-order valence-corrected chi connectivity index (χ0v) is 11.3. The van der Waals surface area contributed by atoms with E-state index >= 15 is 0 Å². The Balaban J connectivity index is 2.43. The molecule has 16 heavy (non-hydrogen) atoms. The maximum absolute atomic E-state index is 5.91. The third-order valence-corrected chi connectivity index (χ3v) is 3.45. The number of likely N-dealkylation sites (tertiary alicyclic amines) is 1. The molecule has 1 aliphatic heterocycles. The molecule has 0 aromatic heterocycles. The molecule has 0 saturated carbocycles. The third kappa shape index (κ3) is 4.40. The summed E-state index contributed by atoms with van der Waals surface area (Å²) >= 11 is 0. The zero-order valence-electron chi connectivity index (χ0n) is 11.3. The smallest absolute Gasteiger partial charge is 0.0595 e. The number of hydrogen-bond acceptors (Lipinski definition) is 3. The molecule has 1 atom stereocenters. The van der Waals surface area contributed by atoms with E-state index < -0.39 is 0 Å². The molecule has 1 unspecified atom stereocenters. The second kappa shape index (κ2) is 5.99. The molecule has 1 fully saturated rings. The molecule has 0 radical (unpaired) electrons. The Kier molecular flexibility index (Phi) is 5.22. The number of methoxy groups -OCH3 is 1. The second-order valence-electron chi connectivity index (χ2n) is 6.13. The van der Waals surface area contributed by atoms with Crippen LogP contribution < -0.4 is 5.73 Å². The first-order valence-corrected chi connectivity index (χ1v) is 6.43. The molecule has 0 aromatic rings. The lowest BCUT2D eigenvalue weighted by atomic mass is 9.87. The lowest BCUT2D eigenvalue weighted by Gasteiger charge is -2.39. The van der Waals surface area contributed by atoms with Gasteiger partial charge in [0, 0.05) is 32.8 Å².